The number of ether oxygens (including phenoxy) is 1. The number of aryl methyl sites for hydroxylation is 3. The zero-order chi connectivity index (χ0) is 15.9. The van der Waals surface area contributed by atoms with Crippen LogP contribution >= 0.6 is 0 Å². The van der Waals surface area contributed by atoms with E-state index in [0.29, 0.717) is 25.2 Å². The van der Waals surface area contributed by atoms with Gasteiger partial charge in [0.25, 0.3) is 0 Å². The average Bonchev–Trinajstić information content (AvgIpc) is 2.47. The van der Waals surface area contributed by atoms with Crippen LogP contribution in [0.1, 0.15) is 33.5 Å². The minimum Gasteiger partial charge on any atom is -0.375 e. The quantitative estimate of drug-likeness (QED) is 0.876. The number of benzene rings is 1. The number of fused-ring (bicyclic) bond motifs is 1. The molecule has 0 fully saturated rings. The topological polar surface area (TPSA) is 74.7 Å². The van der Waals surface area contributed by atoms with E-state index in [4.69, 9.17) is 10.1 Å². The second-order valence-corrected chi connectivity index (χ2v) is 5.72. The Labute approximate surface area is 129 Å². The monoisotopic (exact) mass is 294 g/mol. The van der Waals surface area contributed by atoms with Gasteiger partial charge in [-0.25, -0.2) is 4.68 Å². The zero-order valence-electron chi connectivity index (χ0n) is 13.0. The molecular weight excluding hydrogens is 276 g/mol. The van der Waals surface area contributed by atoms with Gasteiger partial charge in [-0.05, 0) is 38.3 Å². The van der Waals surface area contributed by atoms with Crippen molar-refractivity contribution in [1.29, 1.82) is 10.7 Å². The number of hydrogen-bond acceptors (Lipinski definition) is 4. The van der Waals surface area contributed by atoms with E-state index >= 15 is 0 Å². The van der Waals surface area contributed by atoms with Crippen molar-refractivity contribution in [2.75, 3.05) is 6.61 Å². The van der Waals surface area contributed by atoms with Crippen LogP contribution in [0.15, 0.2) is 12.1 Å². The van der Waals surface area contributed by atoms with Crippen LogP contribution in [-0.2, 0) is 17.8 Å². The van der Waals surface area contributed by atoms with Crippen molar-refractivity contribution in [3.05, 3.63) is 51.1 Å². The lowest BCUT2D eigenvalue weighted by Crippen LogP contribution is -2.31. The molecule has 0 saturated heterocycles. The van der Waals surface area contributed by atoms with Gasteiger partial charge in [0, 0.05) is 5.56 Å². The van der Waals surface area contributed by atoms with E-state index < -0.39 is 0 Å². The van der Waals surface area contributed by atoms with Gasteiger partial charge < -0.3 is 4.74 Å². The molecule has 112 valence electrons. The van der Waals surface area contributed by atoms with Crippen LogP contribution in [0.25, 0.3) is 5.69 Å². The molecule has 0 saturated carbocycles. The Morgan fingerprint density at radius 2 is 1.95 bits per heavy atom. The van der Waals surface area contributed by atoms with Gasteiger partial charge in [0.15, 0.2) is 5.49 Å². The highest BCUT2D eigenvalue weighted by atomic mass is 16.5. The first kappa shape index (κ1) is 14.5. The summed E-state index contributed by atoms with van der Waals surface area (Å²) in [7, 11) is 0. The van der Waals surface area contributed by atoms with Crippen molar-refractivity contribution < 1.29 is 4.74 Å². The van der Waals surface area contributed by atoms with Gasteiger partial charge in [-0.2, -0.15) is 10.4 Å². The van der Waals surface area contributed by atoms with Gasteiger partial charge in [-0.15, -0.1) is 0 Å². The number of nitriles is 1. The molecule has 2 aromatic rings. The van der Waals surface area contributed by atoms with Crippen LogP contribution in [0.5, 0.6) is 0 Å². The fourth-order valence-electron chi connectivity index (χ4n) is 3.14. The molecule has 1 N–H and O–H groups in total. The van der Waals surface area contributed by atoms with Crippen LogP contribution in [0.2, 0.25) is 0 Å². The van der Waals surface area contributed by atoms with Gasteiger partial charge in [-0.3, -0.25) is 5.41 Å². The molecule has 3 rings (SSSR count). The summed E-state index contributed by atoms with van der Waals surface area (Å²) >= 11 is 0. The van der Waals surface area contributed by atoms with Crippen molar-refractivity contribution in [3.8, 4) is 11.8 Å². The lowest BCUT2D eigenvalue weighted by molar-refractivity contribution is 0.105. The van der Waals surface area contributed by atoms with Crippen LogP contribution in [-0.4, -0.2) is 16.4 Å². The number of hydrogen-bond donors (Lipinski definition) is 1. The Balaban J connectivity index is 2.34. The molecule has 5 nitrogen and oxygen atoms in total. The molecule has 0 radical (unpaired) electrons. The molecule has 1 aromatic heterocycles. The molecule has 0 unspecified atom stereocenters. The SMILES string of the molecule is Cc1cc(C)c(-n2nc3c(c(C#N)c2=N)CCOC3)c(C)c1. The third kappa shape index (κ3) is 2.22. The van der Waals surface area contributed by atoms with Crippen molar-refractivity contribution in [2.24, 2.45) is 0 Å². The highest BCUT2D eigenvalue weighted by molar-refractivity contribution is 5.50. The highest BCUT2D eigenvalue weighted by Gasteiger charge is 2.20. The van der Waals surface area contributed by atoms with Crippen LogP contribution in [0.3, 0.4) is 0 Å². The minimum atomic E-state index is 0.151. The number of aromatic nitrogens is 2. The molecule has 2 heterocycles. The largest absolute Gasteiger partial charge is 0.375 e. The Morgan fingerprint density at radius 1 is 1.27 bits per heavy atom. The van der Waals surface area contributed by atoms with E-state index in [1.54, 1.807) is 4.68 Å². The summed E-state index contributed by atoms with van der Waals surface area (Å²) in [6.45, 7) is 7.03. The summed E-state index contributed by atoms with van der Waals surface area (Å²) in [6, 6.07) is 6.32. The molecule has 1 aromatic carbocycles. The summed E-state index contributed by atoms with van der Waals surface area (Å²) in [6.07, 6.45) is 0.643. The molecule has 0 amide bonds. The first-order valence-corrected chi connectivity index (χ1v) is 7.28. The maximum Gasteiger partial charge on any atom is 0.165 e. The molecule has 0 aliphatic carbocycles. The van der Waals surface area contributed by atoms with Gasteiger partial charge >= 0.3 is 0 Å². The molecule has 22 heavy (non-hydrogen) atoms. The third-order valence-corrected chi connectivity index (χ3v) is 4.01. The predicted molar refractivity (Wildman–Crippen MR) is 81.7 cm³/mol. The fourth-order valence-corrected chi connectivity index (χ4v) is 3.14. The van der Waals surface area contributed by atoms with E-state index in [2.05, 4.69) is 23.3 Å². The summed E-state index contributed by atoms with van der Waals surface area (Å²) in [5.41, 5.74) is 6.32. The van der Waals surface area contributed by atoms with Crippen molar-refractivity contribution in [2.45, 2.75) is 33.8 Å². The van der Waals surface area contributed by atoms with Gasteiger partial charge in [0.1, 0.15) is 11.6 Å². The molecule has 5 heteroatoms. The Kier molecular flexibility index (Phi) is 3.55. The van der Waals surface area contributed by atoms with Crippen molar-refractivity contribution >= 4 is 0 Å². The normalized spacial score (nSPS) is 13.5. The standard InChI is InChI=1S/C17H18N4O/c1-10-6-11(2)16(12(3)7-10)21-17(19)14(8-18)13-4-5-22-9-15(13)20-21/h6-7,19H,4-5,9H2,1-3H3. The van der Waals surface area contributed by atoms with Crippen LogP contribution in [0, 0.1) is 37.5 Å². The smallest absolute Gasteiger partial charge is 0.165 e. The first-order valence-electron chi connectivity index (χ1n) is 7.28. The van der Waals surface area contributed by atoms with Crippen molar-refractivity contribution in [1.82, 2.24) is 9.78 Å². The maximum absolute atomic E-state index is 9.48. The second kappa shape index (κ2) is 5.39. The molecule has 0 bridgehead atoms. The Bertz CT molecular complexity index is 835. The van der Waals surface area contributed by atoms with Crippen LogP contribution in [0.4, 0.5) is 0 Å². The van der Waals surface area contributed by atoms with E-state index in [9.17, 15) is 5.26 Å². The van der Waals surface area contributed by atoms with Crippen LogP contribution < -0.4 is 5.49 Å². The van der Waals surface area contributed by atoms with E-state index in [1.165, 1.54) is 5.56 Å². The summed E-state index contributed by atoms with van der Waals surface area (Å²) in [4.78, 5) is 0. The fraction of sp³-hybridized carbons (Fsp3) is 0.353. The maximum atomic E-state index is 9.48. The van der Waals surface area contributed by atoms with E-state index in [-0.39, 0.29) is 5.49 Å². The number of nitrogens with one attached hydrogen (secondary N) is 1. The van der Waals surface area contributed by atoms with Gasteiger partial charge in [0.2, 0.25) is 0 Å². The zero-order valence-corrected chi connectivity index (χ0v) is 13.0. The second-order valence-electron chi connectivity index (χ2n) is 5.72. The number of rotatable bonds is 1. The van der Waals surface area contributed by atoms with Gasteiger partial charge in [0.05, 0.1) is 24.6 Å². The van der Waals surface area contributed by atoms with E-state index in [0.717, 1.165) is 28.1 Å². The Hall–Kier alpha value is -2.45. The van der Waals surface area contributed by atoms with Crippen molar-refractivity contribution in [3.63, 3.8) is 0 Å². The average molecular weight is 294 g/mol. The lowest BCUT2D eigenvalue weighted by Gasteiger charge is -2.21. The molecule has 1 aliphatic heterocycles. The minimum absolute atomic E-state index is 0.151. The summed E-state index contributed by atoms with van der Waals surface area (Å²) in [5, 5.41) is 22.5. The molecule has 0 spiro atoms. The molecular formula is C17H18N4O. The molecule has 0 atom stereocenters. The van der Waals surface area contributed by atoms with Gasteiger partial charge in [-0.1, -0.05) is 17.7 Å². The lowest BCUT2D eigenvalue weighted by atomic mass is 10.0. The molecule has 1 aliphatic rings. The predicted octanol–water partition coefficient (Wildman–Crippen LogP) is 2.22. The summed E-state index contributed by atoms with van der Waals surface area (Å²) < 4.78 is 7.04. The van der Waals surface area contributed by atoms with E-state index in [1.807, 2.05) is 20.8 Å². The highest BCUT2D eigenvalue weighted by Crippen LogP contribution is 2.21. The first-order chi connectivity index (χ1) is 10.5. The number of nitrogens with zero attached hydrogens (tertiary/aromatic N) is 3. The Morgan fingerprint density at radius 3 is 2.59 bits per heavy atom. The summed E-state index contributed by atoms with van der Waals surface area (Å²) in [5.74, 6) is 0. The third-order valence-electron chi connectivity index (χ3n) is 4.01.